The van der Waals surface area contributed by atoms with Crippen molar-refractivity contribution in [1.29, 1.82) is 0 Å². The van der Waals surface area contributed by atoms with E-state index in [4.69, 9.17) is 0 Å². The number of fused-ring (bicyclic) bond motifs is 1. The summed E-state index contributed by atoms with van der Waals surface area (Å²) >= 11 is 0. The number of hydrogen-bond acceptors (Lipinski definition) is 5. The minimum absolute atomic E-state index is 0.0290. The van der Waals surface area contributed by atoms with Crippen LogP contribution < -0.4 is 16.0 Å². The highest BCUT2D eigenvalue weighted by molar-refractivity contribution is 5.37. The summed E-state index contributed by atoms with van der Waals surface area (Å²) in [5, 5.41) is 4.64. The predicted molar refractivity (Wildman–Crippen MR) is 99.6 cm³/mol. The summed E-state index contributed by atoms with van der Waals surface area (Å²) in [5.41, 5.74) is 2.24. The minimum atomic E-state index is -0.0399. The van der Waals surface area contributed by atoms with E-state index < -0.39 is 0 Å². The maximum atomic E-state index is 12.4. The Morgan fingerprint density at radius 2 is 1.85 bits per heavy atom. The fourth-order valence-corrected chi connectivity index (χ4v) is 3.95. The molecule has 0 amide bonds. The third-order valence-corrected chi connectivity index (χ3v) is 5.61. The lowest BCUT2D eigenvalue weighted by atomic mass is 9.96. The zero-order chi connectivity index (χ0) is 18.1. The number of nitrogens with zero attached hydrogens (tertiary/aromatic N) is 5. The molecule has 0 bridgehead atoms. The Hall–Kier alpha value is -2.44. The van der Waals surface area contributed by atoms with Crippen LogP contribution in [0.25, 0.3) is 0 Å². The van der Waals surface area contributed by atoms with E-state index >= 15 is 0 Å². The summed E-state index contributed by atoms with van der Waals surface area (Å²) < 4.78 is 3.14. The topological polar surface area (TPSA) is 73.0 Å². The minimum Gasteiger partial charge on any atom is -0.356 e. The van der Waals surface area contributed by atoms with E-state index in [0.29, 0.717) is 12.5 Å². The second-order valence-electron chi connectivity index (χ2n) is 7.47. The molecule has 0 saturated carbocycles. The molecule has 1 fully saturated rings. The maximum absolute atomic E-state index is 12.4. The molecular formula is C19H25N5O2. The molecule has 1 aliphatic carbocycles. The monoisotopic (exact) mass is 355 g/mol. The summed E-state index contributed by atoms with van der Waals surface area (Å²) in [6, 6.07) is 3.39. The average Bonchev–Trinajstić information content (AvgIpc) is 2.65. The molecule has 138 valence electrons. The van der Waals surface area contributed by atoms with Crippen LogP contribution in [0.3, 0.4) is 0 Å². The first-order valence-electron chi connectivity index (χ1n) is 9.48. The molecule has 0 spiro atoms. The fourth-order valence-electron chi connectivity index (χ4n) is 3.95. The molecule has 0 atom stereocenters. The molecule has 0 radical (unpaired) electrons. The second-order valence-corrected chi connectivity index (χ2v) is 7.47. The van der Waals surface area contributed by atoms with Gasteiger partial charge >= 0.3 is 0 Å². The van der Waals surface area contributed by atoms with Crippen LogP contribution in [-0.4, -0.2) is 32.4 Å². The van der Waals surface area contributed by atoms with E-state index in [1.807, 2.05) is 0 Å². The van der Waals surface area contributed by atoms with Crippen molar-refractivity contribution in [2.24, 2.45) is 13.0 Å². The highest BCUT2D eigenvalue weighted by atomic mass is 16.1. The highest BCUT2D eigenvalue weighted by Crippen LogP contribution is 2.22. The molecule has 26 heavy (non-hydrogen) atoms. The van der Waals surface area contributed by atoms with Gasteiger partial charge in [0.2, 0.25) is 0 Å². The molecule has 0 N–H and O–H groups in total. The number of hydrogen-bond donors (Lipinski definition) is 0. The molecule has 2 aromatic rings. The predicted octanol–water partition coefficient (Wildman–Crippen LogP) is 1.13. The summed E-state index contributed by atoms with van der Waals surface area (Å²) in [6.45, 7) is 2.39. The van der Waals surface area contributed by atoms with Crippen LogP contribution >= 0.6 is 0 Å². The van der Waals surface area contributed by atoms with Gasteiger partial charge in [0.05, 0.1) is 12.0 Å². The lowest BCUT2D eigenvalue weighted by Crippen LogP contribution is -2.38. The largest absolute Gasteiger partial charge is 0.356 e. The van der Waals surface area contributed by atoms with E-state index in [1.54, 1.807) is 30.2 Å². The Bertz CT molecular complexity index is 909. The van der Waals surface area contributed by atoms with Crippen LogP contribution in [0.4, 0.5) is 5.82 Å². The first-order valence-corrected chi connectivity index (χ1v) is 9.48. The lowest BCUT2D eigenvalue weighted by molar-refractivity contribution is 0.331. The first kappa shape index (κ1) is 17.0. The van der Waals surface area contributed by atoms with Gasteiger partial charge < -0.3 is 9.47 Å². The quantitative estimate of drug-likeness (QED) is 0.825. The Morgan fingerprint density at radius 3 is 2.62 bits per heavy atom. The van der Waals surface area contributed by atoms with Gasteiger partial charge in [0.15, 0.2) is 0 Å². The average molecular weight is 355 g/mol. The van der Waals surface area contributed by atoms with Crippen molar-refractivity contribution in [3.05, 3.63) is 50.4 Å². The van der Waals surface area contributed by atoms with E-state index in [-0.39, 0.29) is 11.1 Å². The van der Waals surface area contributed by atoms with Crippen LogP contribution in [0.15, 0.2) is 28.0 Å². The number of aryl methyl sites for hydroxylation is 3. The van der Waals surface area contributed by atoms with Crippen molar-refractivity contribution >= 4 is 5.82 Å². The van der Waals surface area contributed by atoms with Crippen molar-refractivity contribution in [3.63, 3.8) is 0 Å². The first-order chi connectivity index (χ1) is 12.6. The van der Waals surface area contributed by atoms with Gasteiger partial charge in [0, 0.05) is 38.8 Å². The molecule has 0 aromatic carbocycles. The van der Waals surface area contributed by atoms with Gasteiger partial charge in [0.1, 0.15) is 5.82 Å². The van der Waals surface area contributed by atoms with Gasteiger partial charge in [0.25, 0.3) is 11.1 Å². The van der Waals surface area contributed by atoms with Crippen molar-refractivity contribution in [2.45, 2.75) is 45.1 Å². The molecule has 0 unspecified atom stereocenters. The van der Waals surface area contributed by atoms with E-state index in [0.717, 1.165) is 62.3 Å². The zero-order valence-electron chi connectivity index (χ0n) is 15.2. The molecule has 3 heterocycles. The summed E-state index contributed by atoms with van der Waals surface area (Å²) in [7, 11) is 1.70. The summed E-state index contributed by atoms with van der Waals surface area (Å²) in [6.07, 6.45) is 7.82. The van der Waals surface area contributed by atoms with Crippen molar-refractivity contribution in [2.75, 3.05) is 18.0 Å². The van der Waals surface area contributed by atoms with E-state index in [2.05, 4.69) is 15.0 Å². The zero-order valence-corrected chi connectivity index (χ0v) is 15.2. The van der Waals surface area contributed by atoms with Crippen molar-refractivity contribution < 1.29 is 0 Å². The van der Waals surface area contributed by atoms with E-state index in [1.165, 1.54) is 11.0 Å². The summed E-state index contributed by atoms with van der Waals surface area (Å²) in [4.78, 5) is 30.7. The number of piperidine rings is 1. The number of aromatic nitrogens is 4. The van der Waals surface area contributed by atoms with Crippen LogP contribution in [-0.2, 0) is 26.4 Å². The van der Waals surface area contributed by atoms with Crippen molar-refractivity contribution in [3.8, 4) is 0 Å². The van der Waals surface area contributed by atoms with Crippen LogP contribution in [0, 0.1) is 5.92 Å². The van der Waals surface area contributed by atoms with Gasteiger partial charge in [-0.2, -0.15) is 5.10 Å². The molecule has 1 aliphatic heterocycles. The molecule has 2 aromatic heterocycles. The normalized spacial score (nSPS) is 18.0. The smallest absolute Gasteiger partial charge is 0.267 e. The Kier molecular flexibility index (Phi) is 4.61. The standard InChI is InChI=1S/C19H25N5O2/c1-22-13-20-17(11-18(22)25)23-8-6-14(7-9-23)12-24-19(26)10-15-4-2-3-5-16(15)21-24/h10-11,13-14H,2-9,12H2,1H3. The highest BCUT2D eigenvalue weighted by Gasteiger charge is 2.22. The third-order valence-electron chi connectivity index (χ3n) is 5.61. The van der Waals surface area contributed by atoms with Gasteiger partial charge in [-0.05, 0) is 50.0 Å². The van der Waals surface area contributed by atoms with Crippen LogP contribution in [0.2, 0.25) is 0 Å². The van der Waals surface area contributed by atoms with E-state index in [9.17, 15) is 9.59 Å². The van der Waals surface area contributed by atoms with Gasteiger partial charge in [-0.3, -0.25) is 9.59 Å². The Morgan fingerprint density at radius 1 is 1.08 bits per heavy atom. The third kappa shape index (κ3) is 3.43. The number of rotatable bonds is 3. The van der Waals surface area contributed by atoms with Crippen LogP contribution in [0.5, 0.6) is 0 Å². The Labute approximate surface area is 152 Å². The van der Waals surface area contributed by atoms with Crippen LogP contribution in [0.1, 0.15) is 36.9 Å². The van der Waals surface area contributed by atoms with Gasteiger partial charge in [-0.25, -0.2) is 9.67 Å². The van der Waals surface area contributed by atoms with Gasteiger partial charge in [-0.1, -0.05) is 0 Å². The lowest BCUT2D eigenvalue weighted by Gasteiger charge is -2.32. The molecule has 1 saturated heterocycles. The SMILES string of the molecule is Cn1cnc(N2CCC(Cn3nc4c(cc3=O)CCCC4)CC2)cc1=O. The maximum Gasteiger partial charge on any atom is 0.267 e. The molecule has 4 rings (SSSR count). The van der Waals surface area contributed by atoms with Crippen molar-refractivity contribution in [1.82, 2.24) is 19.3 Å². The second kappa shape index (κ2) is 7.05. The molecule has 2 aliphatic rings. The summed E-state index contributed by atoms with van der Waals surface area (Å²) in [5.74, 6) is 1.18. The molecule has 7 heteroatoms. The number of anilines is 1. The molecular weight excluding hydrogens is 330 g/mol. The fraction of sp³-hybridized carbons (Fsp3) is 0.579. The molecule has 7 nitrogen and oxygen atoms in total. The Balaban J connectivity index is 1.42. The van der Waals surface area contributed by atoms with Gasteiger partial charge in [-0.15, -0.1) is 0 Å².